The van der Waals surface area contributed by atoms with Crippen LogP contribution in [0.25, 0.3) is 44.0 Å². The van der Waals surface area contributed by atoms with Crippen LogP contribution < -0.4 is 0 Å². The van der Waals surface area contributed by atoms with E-state index in [1.807, 2.05) is 59.9 Å². The molecular weight excluding hydrogens is 795 g/mol. The van der Waals surface area contributed by atoms with Crippen LogP contribution in [0, 0.1) is 17.9 Å². The summed E-state index contributed by atoms with van der Waals surface area (Å²) in [4.78, 5) is 16.5. The van der Waals surface area contributed by atoms with Crippen molar-refractivity contribution in [2.75, 3.05) is 0 Å². The van der Waals surface area contributed by atoms with Gasteiger partial charge in [0.2, 0.25) is 0 Å². The zero-order chi connectivity index (χ0) is 36.6. The minimum Gasteiger partial charge on any atom is -0.512 e. The Hall–Kier alpha value is -3.27. The molecule has 0 aliphatic heterocycles. The fourth-order valence-corrected chi connectivity index (χ4v) is 7.51. The third-order valence-electron chi connectivity index (χ3n) is 11.0. The molecule has 6 rings (SSSR count). The summed E-state index contributed by atoms with van der Waals surface area (Å²) in [5.41, 5.74) is 7.42. The summed E-state index contributed by atoms with van der Waals surface area (Å²) in [6.07, 6.45) is 9.13. The summed E-state index contributed by atoms with van der Waals surface area (Å²) in [5, 5.41) is 14.0. The van der Waals surface area contributed by atoms with Gasteiger partial charge in [-0.2, -0.15) is 0 Å². The summed E-state index contributed by atoms with van der Waals surface area (Å²) in [5.74, 6) is -0.201. The minimum absolute atomic E-state index is 0. The normalized spacial score (nSPS) is 15.8. The molecule has 0 atom stereocenters. The SMILES string of the molecule is CCC(CC)C(=O)/C=C(\O)C(CC)CC.[2H]C(C)(C)c1cc(-c2nccc3c2oc2cc4c(cc23)C(C)(C)CCC4(C)C)[c-]c2ccccc12.[Ir]. The van der Waals surface area contributed by atoms with Crippen LogP contribution in [-0.2, 0) is 35.7 Å². The van der Waals surface area contributed by atoms with Crippen molar-refractivity contribution in [3.05, 3.63) is 89.3 Å². The van der Waals surface area contributed by atoms with Gasteiger partial charge in [0.25, 0.3) is 0 Å². The maximum Gasteiger partial charge on any atom is 0.162 e. The van der Waals surface area contributed by atoms with Crippen LogP contribution in [0.2, 0.25) is 0 Å². The fraction of sp³-hybridized carbons (Fsp3) is 0.467. The molecule has 0 fully saturated rings. The smallest absolute Gasteiger partial charge is 0.162 e. The monoisotopic (exact) mass is 852 g/mol. The second-order valence-electron chi connectivity index (χ2n) is 15.4. The first-order valence-electron chi connectivity index (χ1n) is 18.8. The molecule has 1 aliphatic carbocycles. The molecule has 4 nitrogen and oxygen atoms in total. The van der Waals surface area contributed by atoms with Gasteiger partial charge in [0.1, 0.15) is 11.2 Å². The van der Waals surface area contributed by atoms with Crippen LogP contribution in [-0.4, -0.2) is 15.9 Å². The average Bonchev–Trinajstić information content (AvgIpc) is 3.45. The molecule has 1 aliphatic rings. The molecule has 5 heteroatoms. The second kappa shape index (κ2) is 16.0. The third-order valence-corrected chi connectivity index (χ3v) is 11.0. The van der Waals surface area contributed by atoms with Gasteiger partial charge < -0.3 is 9.52 Å². The van der Waals surface area contributed by atoms with Gasteiger partial charge >= 0.3 is 0 Å². The van der Waals surface area contributed by atoms with Crippen molar-refractivity contribution >= 4 is 38.5 Å². The van der Waals surface area contributed by atoms with Gasteiger partial charge in [0.05, 0.1) is 5.76 Å². The molecule has 50 heavy (non-hydrogen) atoms. The van der Waals surface area contributed by atoms with E-state index in [1.54, 1.807) is 0 Å². The first-order valence-corrected chi connectivity index (χ1v) is 18.3. The van der Waals surface area contributed by atoms with Gasteiger partial charge in [0.15, 0.2) is 5.78 Å². The number of hydrogen-bond donors (Lipinski definition) is 1. The zero-order valence-electron chi connectivity index (χ0n) is 32.7. The Balaban J connectivity index is 0.000000312. The van der Waals surface area contributed by atoms with E-state index >= 15 is 0 Å². The van der Waals surface area contributed by atoms with Crippen LogP contribution in [0.15, 0.2) is 71.0 Å². The van der Waals surface area contributed by atoms with Crippen molar-refractivity contribution in [2.24, 2.45) is 11.8 Å². The zero-order valence-corrected chi connectivity index (χ0v) is 34.1. The van der Waals surface area contributed by atoms with Crippen LogP contribution >= 0.6 is 0 Å². The van der Waals surface area contributed by atoms with E-state index in [2.05, 4.69) is 70.2 Å². The Kier molecular flexibility index (Phi) is 12.1. The molecule has 1 N–H and O–H groups in total. The number of hydrogen-bond acceptors (Lipinski definition) is 4. The van der Waals surface area contributed by atoms with E-state index in [-0.39, 0.29) is 54.3 Å². The number of fused-ring (bicyclic) bond motifs is 5. The topological polar surface area (TPSA) is 63.3 Å². The summed E-state index contributed by atoms with van der Waals surface area (Å²) < 4.78 is 15.4. The van der Waals surface area contributed by atoms with Crippen LogP contribution in [0.3, 0.4) is 0 Å². The Bertz CT molecular complexity index is 2040. The molecule has 5 aromatic rings. The molecule has 0 amide bonds. The molecule has 2 heterocycles. The molecule has 0 unspecified atom stereocenters. The summed E-state index contributed by atoms with van der Waals surface area (Å²) in [6.45, 7) is 21.3. The van der Waals surface area contributed by atoms with E-state index in [1.165, 1.54) is 30.0 Å². The van der Waals surface area contributed by atoms with Crippen molar-refractivity contribution in [1.29, 1.82) is 0 Å². The van der Waals surface area contributed by atoms with Crippen LogP contribution in [0.4, 0.5) is 0 Å². The number of benzene rings is 3. The Morgan fingerprint density at radius 1 is 0.900 bits per heavy atom. The molecule has 3 aromatic carbocycles. The van der Waals surface area contributed by atoms with Crippen molar-refractivity contribution in [3.63, 3.8) is 0 Å². The van der Waals surface area contributed by atoms with Crippen molar-refractivity contribution in [1.82, 2.24) is 4.98 Å². The number of aliphatic hydroxyl groups excluding tert-OH is 1. The molecule has 0 spiro atoms. The van der Waals surface area contributed by atoms with Gasteiger partial charge in [-0.25, -0.2) is 0 Å². The van der Waals surface area contributed by atoms with Crippen LogP contribution in [0.5, 0.6) is 0 Å². The van der Waals surface area contributed by atoms with Gasteiger partial charge in [-0.05, 0) is 84.6 Å². The predicted molar refractivity (Wildman–Crippen MR) is 207 cm³/mol. The maximum absolute atomic E-state index is 11.7. The molecular formula is C45H56IrNO3-. The molecule has 0 saturated carbocycles. The third kappa shape index (κ3) is 7.80. The summed E-state index contributed by atoms with van der Waals surface area (Å²) >= 11 is 0. The van der Waals surface area contributed by atoms with Gasteiger partial charge in [-0.15, -0.1) is 29.1 Å². The maximum atomic E-state index is 11.7. The van der Waals surface area contributed by atoms with E-state index in [4.69, 9.17) is 10.8 Å². The van der Waals surface area contributed by atoms with Gasteiger partial charge in [0, 0.05) is 62.1 Å². The first-order chi connectivity index (χ1) is 23.6. The second-order valence-corrected chi connectivity index (χ2v) is 15.4. The largest absolute Gasteiger partial charge is 0.512 e. The fourth-order valence-electron chi connectivity index (χ4n) is 7.51. The summed E-state index contributed by atoms with van der Waals surface area (Å²) in [6, 6.07) is 20.5. The number of aliphatic hydroxyl groups is 1. The molecule has 2 aromatic heterocycles. The Labute approximate surface area is 314 Å². The van der Waals surface area contributed by atoms with Crippen molar-refractivity contribution in [2.45, 2.75) is 124 Å². The minimum atomic E-state index is -0.749. The predicted octanol–water partition coefficient (Wildman–Crippen LogP) is 12.9. The summed E-state index contributed by atoms with van der Waals surface area (Å²) in [7, 11) is 0. The number of furan rings is 1. The first kappa shape index (κ1) is 38.0. The Morgan fingerprint density at radius 3 is 2.10 bits per heavy atom. The number of pyridine rings is 1. The molecule has 1 radical (unpaired) electrons. The van der Waals surface area contributed by atoms with Gasteiger partial charge in [-0.3, -0.25) is 9.78 Å². The van der Waals surface area contributed by atoms with Crippen molar-refractivity contribution in [3.8, 4) is 11.3 Å². The van der Waals surface area contributed by atoms with Crippen molar-refractivity contribution < 1.29 is 35.8 Å². The van der Waals surface area contributed by atoms with E-state index in [9.17, 15) is 9.90 Å². The number of aromatic nitrogens is 1. The number of nitrogens with zero attached hydrogens (tertiary/aromatic N) is 1. The number of allylic oxidation sites excluding steroid dienone is 2. The average molecular weight is 852 g/mol. The quantitative estimate of drug-likeness (QED) is 0.0911. The van der Waals surface area contributed by atoms with E-state index < -0.39 is 5.89 Å². The number of ketones is 1. The van der Waals surface area contributed by atoms with Crippen LogP contribution in [0.1, 0.15) is 132 Å². The van der Waals surface area contributed by atoms with E-state index in [0.29, 0.717) is 0 Å². The molecule has 269 valence electrons. The standard InChI is InChI=1S/C32H32NO.C13H24O2.Ir/c1-19(2)24-16-21(15-20-9-7-8-10-22(20)24)29-30-23(11-14-33-29)25-17-26-27(18-28(25)34-30)32(5,6)13-12-31(26,3)4;1-5-10(6-2)12(14)9-13(15)11(7-3)8-4;/h7-11,14,16-19H,12-13H2,1-6H3;9-11,14H,5-8H2,1-4H3;/q-1;;/b;12-9-;/i19D;;. The molecule has 0 saturated heterocycles. The van der Waals surface area contributed by atoms with Gasteiger partial charge in [-0.1, -0.05) is 98.4 Å². The number of carbonyl (C=O) groups is 1. The number of rotatable bonds is 9. The molecule has 0 bridgehead atoms. The van der Waals surface area contributed by atoms with E-state index in [0.717, 1.165) is 75.2 Å². The Morgan fingerprint density at radius 2 is 1.50 bits per heavy atom. The number of carbonyl (C=O) groups excluding carboxylic acids is 1.